The summed E-state index contributed by atoms with van der Waals surface area (Å²) in [5.74, 6) is -1.00. The average molecular weight is 256 g/mol. The zero-order chi connectivity index (χ0) is 13.7. The molecule has 98 valence electrons. The highest BCUT2D eigenvalue weighted by atomic mass is 16.4. The molecule has 0 aliphatic heterocycles. The Morgan fingerprint density at radius 2 is 2.00 bits per heavy atom. The molecule has 1 heterocycles. The van der Waals surface area contributed by atoms with Crippen LogP contribution in [0.5, 0.6) is 0 Å². The minimum atomic E-state index is -1.00. The van der Waals surface area contributed by atoms with E-state index in [0.717, 1.165) is 18.7 Å². The van der Waals surface area contributed by atoms with Crippen molar-refractivity contribution in [3.05, 3.63) is 59.9 Å². The summed E-state index contributed by atoms with van der Waals surface area (Å²) in [6.45, 7) is 0.826. The standard InChI is InChI=1S/C15H16N2O2/c1-17(10-8-12-5-3-2-4-6-12)13-7-9-16-14(11-13)15(18)19/h2-7,9,11H,8,10H2,1H3,(H,18,19). The van der Waals surface area contributed by atoms with E-state index in [1.165, 1.54) is 11.8 Å². The first kappa shape index (κ1) is 13.1. The number of carbonyl (C=O) groups is 1. The van der Waals surface area contributed by atoms with Crippen LogP contribution in [0.4, 0.5) is 5.69 Å². The van der Waals surface area contributed by atoms with Gasteiger partial charge in [0, 0.05) is 25.5 Å². The van der Waals surface area contributed by atoms with Gasteiger partial charge in [0.05, 0.1) is 0 Å². The molecule has 1 N–H and O–H groups in total. The minimum absolute atomic E-state index is 0.0732. The van der Waals surface area contributed by atoms with Crippen molar-refractivity contribution in [3.8, 4) is 0 Å². The van der Waals surface area contributed by atoms with Crippen LogP contribution in [0.25, 0.3) is 0 Å². The predicted octanol–water partition coefficient (Wildman–Crippen LogP) is 2.46. The van der Waals surface area contributed by atoms with Crippen LogP contribution >= 0.6 is 0 Å². The van der Waals surface area contributed by atoms with E-state index in [2.05, 4.69) is 17.1 Å². The molecule has 2 aromatic rings. The van der Waals surface area contributed by atoms with Gasteiger partial charge >= 0.3 is 5.97 Å². The van der Waals surface area contributed by atoms with Gasteiger partial charge in [0.2, 0.25) is 0 Å². The fourth-order valence-corrected chi connectivity index (χ4v) is 1.84. The number of benzene rings is 1. The highest BCUT2D eigenvalue weighted by Crippen LogP contribution is 2.13. The first-order valence-corrected chi connectivity index (χ1v) is 6.11. The molecule has 0 amide bonds. The normalized spacial score (nSPS) is 10.2. The molecule has 0 aliphatic rings. The molecular formula is C15H16N2O2. The highest BCUT2D eigenvalue weighted by Gasteiger charge is 2.07. The Kier molecular flexibility index (Phi) is 4.13. The van der Waals surface area contributed by atoms with Gasteiger partial charge in [-0.3, -0.25) is 0 Å². The summed E-state index contributed by atoms with van der Waals surface area (Å²) in [4.78, 5) is 16.7. The van der Waals surface area contributed by atoms with E-state index in [1.54, 1.807) is 6.07 Å². The second-order valence-electron chi connectivity index (χ2n) is 4.36. The molecular weight excluding hydrogens is 240 g/mol. The van der Waals surface area contributed by atoms with Crippen molar-refractivity contribution in [3.63, 3.8) is 0 Å². The zero-order valence-corrected chi connectivity index (χ0v) is 10.8. The molecule has 2 rings (SSSR count). The molecule has 0 bridgehead atoms. The van der Waals surface area contributed by atoms with E-state index in [9.17, 15) is 4.79 Å². The zero-order valence-electron chi connectivity index (χ0n) is 10.8. The van der Waals surface area contributed by atoms with Crippen molar-refractivity contribution in [2.45, 2.75) is 6.42 Å². The number of carboxylic acids is 1. The number of pyridine rings is 1. The maximum atomic E-state index is 10.9. The van der Waals surface area contributed by atoms with Gasteiger partial charge in [0.1, 0.15) is 5.69 Å². The number of aromatic nitrogens is 1. The molecule has 19 heavy (non-hydrogen) atoms. The molecule has 4 nitrogen and oxygen atoms in total. The number of nitrogens with zero attached hydrogens (tertiary/aromatic N) is 2. The Hall–Kier alpha value is -2.36. The Bertz CT molecular complexity index is 555. The third-order valence-corrected chi connectivity index (χ3v) is 2.98. The van der Waals surface area contributed by atoms with E-state index in [0.29, 0.717) is 0 Å². The lowest BCUT2D eigenvalue weighted by Crippen LogP contribution is -2.20. The number of carboxylic acid groups (broad SMARTS) is 1. The molecule has 0 saturated heterocycles. The summed E-state index contributed by atoms with van der Waals surface area (Å²) >= 11 is 0. The van der Waals surface area contributed by atoms with Gasteiger partial charge in [-0.2, -0.15) is 0 Å². The molecule has 0 saturated carbocycles. The van der Waals surface area contributed by atoms with Crippen molar-refractivity contribution >= 4 is 11.7 Å². The van der Waals surface area contributed by atoms with E-state index in [1.807, 2.05) is 36.2 Å². The summed E-state index contributed by atoms with van der Waals surface area (Å²) in [6.07, 6.45) is 2.44. The molecule has 0 unspecified atom stereocenters. The lowest BCUT2D eigenvalue weighted by molar-refractivity contribution is 0.0690. The molecule has 0 aliphatic carbocycles. The Balaban J connectivity index is 2.02. The molecule has 4 heteroatoms. The summed E-state index contributed by atoms with van der Waals surface area (Å²) < 4.78 is 0. The smallest absolute Gasteiger partial charge is 0.354 e. The number of hydrogen-bond donors (Lipinski definition) is 1. The van der Waals surface area contributed by atoms with Crippen LogP contribution in [0.1, 0.15) is 16.1 Å². The van der Waals surface area contributed by atoms with Gasteiger partial charge in [-0.15, -0.1) is 0 Å². The number of rotatable bonds is 5. The Morgan fingerprint density at radius 1 is 1.26 bits per heavy atom. The molecule has 0 atom stereocenters. The Labute approximate surface area is 112 Å². The third kappa shape index (κ3) is 3.55. The van der Waals surface area contributed by atoms with Gasteiger partial charge < -0.3 is 10.0 Å². The van der Waals surface area contributed by atoms with Crippen LogP contribution in [0.3, 0.4) is 0 Å². The van der Waals surface area contributed by atoms with Crippen molar-refractivity contribution < 1.29 is 9.90 Å². The topological polar surface area (TPSA) is 53.4 Å². The van der Waals surface area contributed by atoms with E-state index < -0.39 is 5.97 Å². The fourth-order valence-electron chi connectivity index (χ4n) is 1.84. The van der Waals surface area contributed by atoms with Crippen LogP contribution < -0.4 is 4.90 Å². The monoisotopic (exact) mass is 256 g/mol. The largest absolute Gasteiger partial charge is 0.477 e. The highest BCUT2D eigenvalue weighted by molar-refractivity contribution is 5.86. The van der Waals surface area contributed by atoms with Gasteiger partial charge in [-0.1, -0.05) is 30.3 Å². The minimum Gasteiger partial charge on any atom is -0.477 e. The van der Waals surface area contributed by atoms with Crippen LogP contribution in [0.15, 0.2) is 48.7 Å². The van der Waals surface area contributed by atoms with Crippen LogP contribution in [0.2, 0.25) is 0 Å². The molecule has 0 radical (unpaired) electrons. The number of aromatic carboxylic acids is 1. The third-order valence-electron chi connectivity index (χ3n) is 2.98. The first-order valence-electron chi connectivity index (χ1n) is 6.11. The van der Waals surface area contributed by atoms with Gasteiger partial charge in [-0.05, 0) is 24.1 Å². The lowest BCUT2D eigenvalue weighted by Gasteiger charge is -2.19. The van der Waals surface area contributed by atoms with Crippen LogP contribution in [-0.4, -0.2) is 29.7 Å². The average Bonchev–Trinajstić information content (AvgIpc) is 2.46. The van der Waals surface area contributed by atoms with E-state index in [4.69, 9.17) is 5.11 Å². The number of hydrogen-bond acceptors (Lipinski definition) is 3. The molecule has 1 aromatic heterocycles. The van der Waals surface area contributed by atoms with E-state index in [-0.39, 0.29) is 5.69 Å². The van der Waals surface area contributed by atoms with E-state index >= 15 is 0 Å². The first-order chi connectivity index (χ1) is 9.16. The molecule has 0 fully saturated rings. The molecule has 1 aromatic carbocycles. The van der Waals surface area contributed by atoms with Crippen LogP contribution in [-0.2, 0) is 6.42 Å². The second-order valence-corrected chi connectivity index (χ2v) is 4.36. The lowest BCUT2D eigenvalue weighted by atomic mass is 10.1. The van der Waals surface area contributed by atoms with Crippen molar-refractivity contribution in [1.82, 2.24) is 4.98 Å². The predicted molar refractivity (Wildman–Crippen MR) is 74.6 cm³/mol. The summed E-state index contributed by atoms with van der Waals surface area (Å²) in [5.41, 5.74) is 2.20. The van der Waals surface area contributed by atoms with Gasteiger partial charge in [0.15, 0.2) is 0 Å². The second kappa shape index (κ2) is 6.00. The van der Waals surface area contributed by atoms with Gasteiger partial charge in [0.25, 0.3) is 0 Å². The maximum Gasteiger partial charge on any atom is 0.354 e. The quantitative estimate of drug-likeness (QED) is 0.892. The van der Waals surface area contributed by atoms with Crippen molar-refractivity contribution in [2.75, 3.05) is 18.5 Å². The van der Waals surface area contributed by atoms with Crippen molar-refractivity contribution in [1.29, 1.82) is 0 Å². The summed E-state index contributed by atoms with van der Waals surface area (Å²) in [7, 11) is 1.95. The molecule has 0 spiro atoms. The fraction of sp³-hybridized carbons (Fsp3) is 0.200. The maximum absolute atomic E-state index is 10.9. The SMILES string of the molecule is CN(CCc1ccccc1)c1ccnc(C(=O)O)c1. The summed E-state index contributed by atoms with van der Waals surface area (Å²) in [6, 6.07) is 13.6. The summed E-state index contributed by atoms with van der Waals surface area (Å²) in [5, 5.41) is 8.92. The number of likely N-dealkylation sites (N-methyl/N-ethyl adjacent to an activating group) is 1. The Morgan fingerprint density at radius 3 is 2.68 bits per heavy atom. The number of anilines is 1. The van der Waals surface area contributed by atoms with Crippen LogP contribution in [0, 0.1) is 0 Å². The van der Waals surface area contributed by atoms with Gasteiger partial charge in [-0.25, -0.2) is 9.78 Å². The van der Waals surface area contributed by atoms with Crippen molar-refractivity contribution in [2.24, 2.45) is 0 Å².